The number of hydrogen-bond acceptors (Lipinski definition) is 3. The van der Waals surface area contributed by atoms with Crippen LogP contribution in [0.25, 0.3) is 0 Å². The van der Waals surface area contributed by atoms with Gasteiger partial charge < -0.3 is 11.5 Å². The van der Waals surface area contributed by atoms with Crippen molar-refractivity contribution in [3.8, 4) is 0 Å². The van der Waals surface area contributed by atoms with E-state index < -0.39 is 0 Å². The summed E-state index contributed by atoms with van der Waals surface area (Å²) in [6.45, 7) is 0.469. The minimum Gasteiger partial charge on any atom is -0.329 e. The van der Waals surface area contributed by atoms with E-state index in [4.69, 9.17) is 11.5 Å². The molecule has 1 aromatic carbocycles. The lowest BCUT2D eigenvalue weighted by molar-refractivity contribution is 0.735. The zero-order chi connectivity index (χ0) is 8.27. The second-order valence-electron chi connectivity index (χ2n) is 2.44. The standard InChI is InChI=1S/C8H12N2S/c9-5-8(10)6-2-1-3-7(11)4-6/h1-4,8,11H,5,9-10H2/t8-/m1/s1. The van der Waals surface area contributed by atoms with Gasteiger partial charge in [0.15, 0.2) is 0 Å². The van der Waals surface area contributed by atoms with Crippen LogP contribution in [0.2, 0.25) is 0 Å². The normalized spacial score (nSPS) is 13.0. The van der Waals surface area contributed by atoms with Gasteiger partial charge in [0.2, 0.25) is 0 Å². The average Bonchev–Trinajstić information content (AvgIpc) is 2.03. The Morgan fingerprint density at radius 3 is 2.73 bits per heavy atom. The van der Waals surface area contributed by atoms with Crippen LogP contribution in [0.1, 0.15) is 11.6 Å². The fourth-order valence-corrected chi connectivity index (χ4v) is 1.13. The molecule has 3 heteroatoms. The maximum atomic E-state index is 5.70. The molecule has 0 fully saturated rings. The molecular weight excluding hydrogens is 156 g/mol. The van der Waals surface area contributed by atoms with Crippen molar-refractivity contribution < 1.29 is 0 Å². The number of nitrogens with two attached hydrogens (primary N) is 2. The van der Waals surface area contributed by atoms with Crippen LogP contribution in [0.3, 0.4) is 0 Å². The first-order chi connectivity index (χ1) is 5.24. The van der Waals surface area contributed by atoms with Gasteiger partial charge in [-0.2, -0.15) is 0 Å². The first-order valence-corrected chi connectivity index (χ1v) is 3.93. The van der Waals surface area contributed by atoms with Crippen molar-refractivity contribution in [2.24, 2.45) is 11.5 Å². The van der Waals surface area contributed by atoms with Gasteiger partial charge in [0, 0.05) is 17.5 Å². The number of rotatable bonds is 2. The molecule has 11 heavy (non-hydrogen) atoms. The maximum absolute atomic E-state index is 5.70. The molecule has 1 rings (SSSR count). The van der Waals surface area contributed by atoms with Crippen molar-refractivity contribution in [2.75, 3.05) is 6.54 Å². The zero-order valence-corrected chi connectivity index (χ0v) is 7.09. The SMILES string of the molecule is NC[C@@H](N)c1cccc(S)c1. The molecule has 0 bridgehead atoms. The summed E-state index contributed by atoms with van der Waals surface area (Å²) in [6.07, 6.45) is 0. The molecule has 0 saturated carbocycles. The molecule has 1 atom stereocenters. The van der Waals surface area contributed by atoms with Crippen molar-refractivity contribution in [1.82, 2.24) is 0 Å². The topological polar surface area (TPSA) is 52.0 Å². The van der Waals surface area contributed by atoms with Crippen molar-refractivity contribution in [1.29, 1.82) is 0 Å². The first kappa shape index (κ1) is 8.59. The molecule has 0 unspecified atom stereocenters. The summed E-state index contributed by atoms with van der Waals surface area (Å²) < 4.78 is 0. The minimum atomic E-state index is -0.0675. The van der Waals surface area contributed by atoms with E-state index in [9.17, 15) is 0 Å². The van der Waals surface area contributed by atoms with Crippen molar-refractivity contribution in [2.45, 2.75) is 10.9 Å². The summed E-state index contributed by atoms with van der Waals surface area (Å²) in [5.74, 6) is 0. The monoisotopic (exact) mass is 168 g/mol. The Balaban J connectivity index is 2.86. The second-order valence-corrected chi connectivity index (χ2v) is 2.95. The van der Waals surface area contributed by atoms with Gasteiger partial charge in [0.05, 0.1) is 0 Å². The lowest BCUT2D eigenvalue weighted by Crippen LogP contribution is -2.20. The minimum absolute atomic E-state index is 0.0675. The summed E-state index contributed by atoms with van der Waals surface area (Å²) >= 11 is 4.19. The Morgan fingerprint density at radius 1 is 1.45 bits per heavy atom. The van der Waals surface area contributed by atoms with Crippen LogP contribution in [-0.4, -0.2) is 6.54 Å². The van der Waals surface area contributed by atoms with Gasteiger partial charge in [-0.1, -0.05) is 12.1 Å². The molecule has 0 aliphatic heterocycles. The Morgan fingerprint density at radius 2 is 2.18 bits per heavy atom. The van der Waals surface area contributed by atoms with Crippen LogP contribution in [0, 0.1) is 0 Å². The van der Waals surface area contributed by atoms with Gasteiger partial charge in [-0.25, -0.2) is 0 Å². The fraction of sp³-hybridized carbons (Fsp3) is 0.250. The predicted molar refractivity (Wildman–Crippen MR) is 49.7 cm³/mol. The zero-order valence-electron chi connectivity index (χ0n) is 6.20. The molecule has 0 amide bonds. The van der Waals surface area contributed by atoms with Gasteiger partial charge in [0.1, 0.15) is 0 Å². The van der Waals surface area contributed by atoms with Crippen LogP contribution in [0.15, 0.2) is 29.2 Å². The van der Waals surface area contributed by atoms with Crippen molar-refractivity contribution >= 4 is 12.6 Å². The Bertz CT molecular complexity index is 237. The smallest absolute Gasteiger partial charge is 0.0419 e. The predicted octanol–water partition coefficient (Wildman–Crippen LogP) is 0.934. The van der Waals surface area contributed by atoms with E-state index >= 15 is 0 Å². The molecule has 0 aliphatic rings. The third kappa shape index (κ3) is 2.22. The second kappa shape index (κ2) is 3.76. The highest BCUT2D eigenvalue weighted by Gasteiger charge is 2.01. The summed E-state index contributed by atoms with van der Waals surface area (Å²) in [5.41, 5.74) is 12.2. The lowest BCUT2D eigenvalue weighted by Gasteiger charge is -2.08. The van der Waals surface area contributed by atoms with E-state index in [2.05, 4.69) is 12.6 Å². The van der Waals surface area contributed by atoms with Gasteiger partial charge >= 0.3 is 0 Å². The Labute approximate surface area is 72.0 Å². The van der Waals surface area contributed by atoms with E-state index in [1.165, 1.54) is 0 Å². The largest absolute Gasteiger partial charge is 0.329 e. The third-order valence-electron chi connectivity index (χ3n) is 1.55. The summed E-state index contributed by atoms with van der Waals surface area (Å²) in [4.78, 5) is 0.923. The van der Waals surface area contributed by atoms with Gasteiger partial charge in [0.25, 0.3) is 0 Å². The fourth-order valence-electron chi connectivity index (χ4n) is 0.892. The summed E-state index contributed by atoms with van der Waals surface area (Å²) in [7, 11) is 0. The average molecular weight is 168 g/mol. The molecule has 0 saturated heterocycles. The molecule has 0 heterocycles. The summed E-state index contributed by atoms with van der Waals surface area (Å²) in [6, 6.07) is 7.66. The van der Waals surface area contributed by atoms with Crippen LogP contribution >= 0.6 is 12.6 Å². The van der Waals surface area contributed by atoms with Crippen LogP contribution in [0.4, 0.5) is 0 Å². The number of benzene rings is 1. The first-order valence-electron chi connectivity index (χ1n) is 3.48. The van der Waals surface area contributed by atoms with E-state index in [1.54, 1.807) is 0 Å². The van der Waals surface area contributed by atoms with E-state index in [0.717, 1.165) is 10.5 Å². The summed E-state index contributed by atoms with van der Waals surface area (Å²) in [5, 5.41) is 0. The Hall–Kier alpha value is -0.510. The van der Waals surface area contributed by atoms with E-state index in [-0.39, 0.29) is 6.04 Å². The van der Waals surface area contributed by atoms with Crippen molar-refractivity contribution in [3.63, 3.8) is 0 Å². The lowest BCUT2D eigenvalue weighted by atomic mass is 10.1. The highest BCUT2D eigenvalue weighted by atomic mass is 32.1. The van der Waals surface area contributed by atoms with Crippen LogP contribution < -0.4 is 11.5 Å². The number of hydrogen-bond donors (Lipinski definition) is 3. The highest BCUT2D eigenvalue weighted by molar-refractivity contribution is 7.80. The van der Waals surface area contributed by atoms with E-state index in [1.807, 2.05) is 24.3 Å². The Kier molecular flexibility index (Phi) is 2.93. The third-order valence-corrected chi connectivity index (χ3v) is 1.83. The van der Waals surface area contributed by atoms with Crippen LogP contribution in [-0.2, 0) is 0 Å². The molecule has 4 N–H and O–H groups in total. The highest BCUT2D eigenvalue weighted by Crippen LogP contribution is 2.13. The van der Waals surface area contributed by atoms with Gasteiger partial charge in [-0.05, 0) is 17.7 Å². The van der Waals surface area contributed by atoms with Crippen LogP contribution in [0.5, 0.6) is 0 Å². The van der Waals surface area contributed by atoms with Gasteiger partial charge in [-0.15, -0.1) is 12.6 Å². The number of thiol groups is 1. The molecular formula is C8H12N2S. The quantitative estimate of drug-likeness (QED) is 0.575. The molecule has 0 radical (unpaired) electrons. The molecule has 60 valence electrons. The molecule has 0 aromatic heterocycles. The maximum Gasteiger partial charge on any atom is 0.0419 e. The van der Waals surface area contributed by atoms with E-state index in [0.29, 0.717) is 6.54 Å². The molecule has 1 aromatic rings. The van der Waals surface area contributed by atoms with Gasteiger partial charge in [-0.3, -0.25) is 0 Å². The molecule has 0 aliphatic carbocycles. The molecule has 2 nitrogen and oxygen atoms in total. The van der Waals surface area contributed by atoms with Crippen molar-refractivity contribution in [3.05, 3.63) is 29.8 Å². The molecule has 0 spiro atoms.